The van der Waals surface area contributed by atoms with Crippen molar-refractivity contribution in [1.82, 2.24) is 5.32 Å². The molecule has 1 aromatic carbocycles. The molecule has 14 heavy (non-hydrogen) atoms. The Labute approximate surface area is 90.4 Å². The van der Waals surface area contributed by atoms with E-state index in [2.05, 4.69) is 19.2 Å². The Morgan fingerprint density at radius 3 is 2.64 bits per heavy atom. The SMILES string of the molecule is CC(C)CNCc1cc(N)cc(Cl)c1. The van der Waals surface area contributed by atoms with Gasteiger partial charge in [0.15, 0.2) is 0 Å². The van der Waals surface area contributed by atoms with Gasteiger partial charge in [0.2, 0.25) is 0 Å². The number of nitrogen functional groups attached to an aromatic ring is 1. The summed E-state index contributed by atoms with van der Waals surface area (Å²) in [4.78, 5) is 0. The van der Waals surface area contributed by atoms with Crippen molar-refractivity contribution in [1.29, 1.82) is 0 Å². The Morgan fingerprint density at radius 1 is 1.36 bits per heavy atom. The number of benzene rings is 1. The van der Waals surface area contributed by atoms with Gasteiger partial charge in [-0.3, -0.25) is 0 Å². The molecule has 0 aliphatic heterocycles. The van der Waals surface area contributed by atoms with Crippen LogP contribution in [0.15, 0.2) is 18.2 Å². The van der Waals surface area contributed by atoms with Crippen LogP contribution in [0, 0.1) is 5.92 Å². The van der Waals surface area contributed by atoms with E-state index in [1.165, 1.54) is 0 Å². The summed E-state index contributed by atoms with van der Waals surface area (Å²) in [6.45, 7) is 6.19. The third kappa shape index (κ3) is 3.99. The maximum absolute atomic E-state index is 5.88. The standard InChI is InChI=1S/C11H17ClN2/c1-8(2)6-14-7-9-3-10(12)5-11(13)4-9/h3-5,8,14H,6-7,13H2,1-2H3. The van der Waals surface area contributed by atoms with Gasteiger partial charge in [-0.1, -0.05) is 25.4 Å². The number of halogens is 1. The van der Waals surface area contributed by atoms with E-state index < -0.39 is 0 Å². The molecule has 0 atom stereocenters. The first-order valence-electron chi connectivity index (χ1n) is 4.83. The minimum Gasteiger partial charge on any atom is -0.399 e. The van der Waals surface area contributed by atoms with Crippen molar-refractivity contribution in [2.45, 2.75) is 20.4 Å². The molecule has 0 amide bonds. The second-order valence-corrected chi connectivity index (χ2v) is 4.35. The number of nitrogens with two attached hydrogens (primary N) is 1. The molecule has 0 spiro atoms. The number of nitrogens with one attached hydrogen (secondary N) is 1. The average molecular weight is 213 g/mol. The maximum Gasteiger partial charge on any atom is 0.0429 e. The summed E-state index contributed by atoms with van der Waals surface area (Å²) < 4.78 is 0. The van der Waals surface area contributed by atoms with Crippen LogP contribution in [0.2, 0.25) is 5.02 Å². The monoisotopic (exact) mass is 212 g/mol. The lowest BCUT2D eigenvalue weighted by atomic mass is 10.2. The lowest BCUT2D eigenvalue weighted by Crippen LogP contribution is -2.18. The highest BCUT2D eigenvalue weighted by atomic mass is 35.5. The fraction of sp³-hybridized carbons (Fsp3) is 0.455. The number of hydrogen-bond donors (Lipinski definition) is 2. The van der Waals surface area contributed by atoms with Crippen LogP contribution in [0.5, 0.6) is 0 Å². The van der Waals surface area contributed by atoms with Gasteiger partial charge in [0.25, 0.3) is 0 Å². The molecule has 0 saturated carbocycles. The number of hydrogen-bond acceptors (Lipinski definition) is 2. The highest BCUT2D eigenvalue weighted by Gasteiger charge is 1.98. The zero-order valence-electron chi connectivity index (χ0n) is 8.68. The molecular formula is C11H17ClN2. The molecule has 0 bridgehead atoms. The summed E-state index contributed by atoms with van der Waals surface area (Å²) in [5.41, 5.74) is 7.53. The lowest BCUT2D eigenvalue weighted by Gasteiger charge is -2.08. The summed E-state index contributed by atoms with van der Waals surface area (Å²) in [7, 11) is 0. The van der Waals surface area contributed by atoms with Crippen LogP contribution in [0.4, 0.5) is 5.69 Å². The van der Waals surface area contributed by atoms with Crippen LogP contribution in [-0.4, -0.2) is 6.54 Å². The zero-order valence-corrected chi connectivity index (χ0v) is 9.43. The Hall–Kier alpha value is -0.730. The van der Waals surface area contributed by atoms with Crippen molar-refractivity contribution in [3.8, 4) is 0 Å². The Morgan fingerprint density at radius 2 is 2.07 bits per heavy atom. The summed E-state index contributed by atoms with van der Waals surface area (Å²) in [6, 6.07) is 5.64. The van der Waals surface area contributed by atoms with Gasteiger partial charge in [-0.05, 0) is 36.2 Å². The molecule has 1 rings (SSSR count). The van der Waals surface area contributed by atoms with E-state index in [1.54, 1.807) is 6.07 Å². The van der Waals surface area contributed by atoms with Gasteiger partial charge in [0.1, 0.15) is 0 Å². The van der Waals surface area contributed by atoms with E-state index in [-0.39, 0.29) is 0 Å². The number of rotatable bonds is 4. The molecule has 0 aliphatic rings. The first kappa shape index (κ1) is 11.3. The quantitative estimate of drug-likeness (QED) is 0.754. The van der Waals surface area contributed by atoms with Crippen molar-refractivity contribution >= 4 is 17.3 Å². The number of anilines is 1. The molecule has 78 valence electrons. The Kier molecular flexibility index (Phi) is 4.23. The van der Waals surface area contributed by atoms with Crippen LogP contribution in [0.3, 0.4) is 0 Å². The van der Waals surface area contributed by atoms with Crippen LogP contribution in [0.25, 0.3) is 0 Å². The van der Waals surface area contributed by atoms with Gasteiger partial charge in [-0.2, -0.15) is 0 Å². The fourth-order valence-corrected chi connectivity index (χ4v) is 1.55. The van der Waals surface area contributed by atoms with Crippen molar-refractivity contribution in [3.05, 3.63) is 28.8 Å². The van der Waals surface area contributed by atoms with E-state index in [4.69, 9.17) is 17.3 Å². The van der Waals surface area contributed by atoms with Crippen LogP contribution in [0.1, 0.15) is 19.4 Å². The third-order valence-corrected chi connectivity index (χ3v) is 2.08. The van der Waals surface area contributed by atoms with Crippen LogP contribution < -0.4 is 11.1 Å². The van der Waals surface area contributed by atoms with Crippen molar-refractivity contribution in [2.75, 3.05) is 12.3 Å². The molecule has 0 unspecified atom stereocenters. The van der Waals surface area contributed by atoms with Gasteiger partial charge in [-0.15, -0.1) is 0 Å². The predicted molar refractivity (Wildman–Crippen MR) is 62.4 cm³/mol. The Balaban J connectivity index is 2.50. The minimum absolute atomic E-state index is 0.659. The zero-order chi connectivity index (χ0) is 10.6. The van der Waals surface area contributed by atoms with E-state index >= 15 is 0 Å². The van der Waals surface area contributed by atoms with Gasteiger partial charge < -0.3 is 11.1 Å². The largest absolute Gasteiger partial charge is 0.399 e. The van der Waals surface area contributed by atoms with E-state index in [9.17, 15) is 0 Å². The van der Waals surface area contributed by atoms with Crippen LogP contribution in [-0.2, 0) is 6.54 Å². The molecule has 0 aliphatic carbocycles. The second-order valence-electron chi connectivity index (χ2n) is 3.92. The molecule has 3 N–H and O–H groups in total. The smallest absolute Gasteiger partial charge is 0.0429 e. The normalized spacial score (nSPS) is 10.9. The van der Waals surface area contributed by atoms with E-state index in [0.29, 0.717) is 10.9 Å². The molecule has 0 heterocycles. The van der Waals surface area contributed by atoms with Crippen molar-refractivity contribution < 1.29 is 0 Å². The van der Waals surface area contributed by atoms with Gasteiger partial charge >= 0.3 is 0 Å². The molecule has 1 aromatic rings. The summed E-state index contributed by atoms with van der Waals surface area (Å²) in [6.07, 6.45) is 0. The predicted octanol–water partition coefficient (Wildman–Crippen LogP) is 2.67. The van der Waals surface area contributed by atoms with Gasteiger partial charge in [0, 0.05) is 17.3 Å². The Bertz CT molecular complexity index is 277. The first-order chi connectivity index (χ1) is 6.58. The average Bonchev–Trinajstić information content (AvgIpc) is 2.01. The lowest BCUT2D eigenvalue weighted by molar-refractivity contribution is 0.552. The second kappa shape index (κ2) is 5.23. The molecule has 0 aromatic heterocycles. The van der Waals surface area contributed by atoms with E-state index in [1.807, 2.05) is 12.1 Å². The maximum atomic E-state index is 5.88. The molecular weight excluding hydrogens is 196 g/mol. The molecule has 0 fully saturated rings. The molecule has 0 saturated heterocycles. The molecule has 0 radical (unpaired) electrons. The molecule has 2 nitrogen and oxygen atoms in total. The molecule has 3 heteroatoms. The highest BCUT2D eigenvalue weighted by molar-refractivity contribution is 6.30. The summed E-state index contributed by atoms with van der Waals surface area (Å²) >= 11 is 5.88. The van der Waals surface area contributed by atoms with Gasteiger partial charge in [0.05, 0.1) is 0 Å². The minimum atomic E-state index is 0.659. The topological polar surface area (TPSA) is 38.0 Å². The van der Waals surface area contributed by atoms with Gasteiger partial charge in [-0.25, -0.2) is 0 Å². The van der Waals surface area contributed by atoms with Crippen molar-refractivity contribution in [3.63, 3.8) is 0 Å². The van der Waals surface area contributed by atoms with Crippen molar-refractivity contribution in [2.24, 2.45) is 5.92 Å². The van der Waals surface area contributed by atoms with E-state index in [0.717, 1.165) is 24.3 Å². The fourth-order valence-electron chi connectivity index (χ4n) is 1.28. The van der Waals surface area contributed by atoms with Crippen LogP contribution >= 0.6 is 11.6 Å². The summed E-state index contributed by atoms with van der Waals surface area (Å²) in [5, 5.41) is 4.04. The first-order valence-corrected chi connectivity index (χ1v) is 5.21. The summed E-state index contributed by atoms with van der Waals surface area (Å²) in [5.74, 6) is 0.659. The highest BCUT2D eigenvalue weighted by Crippen LogP contribution is 2.16. The third-order valence-electron chi connectivity index (χ3n) is 1.86.